The number of halogens is 1. The molecule has 2 heterocycles. The van der Waals surface area contributed by atoms with Gasteiger partial charge in [-0.15, -0.1) is 24.0 Å². The summed E-state index contributed by atoms with van der Waals surface area (Å²) in [5, 5.41) is 3.41. The number of piperazine rings is 1. The van der Waals surface area contributed by atoms with Gasteiger partial charge in [0.2, 0.25) is 0 Å². The Labute approximate surface area is 178 Å². The van der Waals surface area contributed by atoms with E-state index in [1.54, 1.807) is 13.4 Å². The molecule has 1 aliphatic heterocycles. The van der Waals surface area contributed by atoms with Crippen LogP contribution in [0.2, 0.25) is 0 Å². The first-order valence-corrected chi connectivity index (χ1v) is 9.25. The van der Waals surface area contributed by atoms with E-state index in [0.717, 1.165) is 63.2 Å². The number of guanidine groups is 1. The molecule has 0 radical (unpaired) electrons. The number of furan rings is 1. The Balaban J connectivity index is 0.00000261. The molecule has 0 saturated carbocycles. The summed E-state index contributed by atoms with van der Waals surface area (Å²) in [6.45, 7) is 7.59. The van der Waals surface area contributed by atoms with Crippen LogP contribution in [-0.2, 0) is 6.42 Å². The highest BCUT2D eigenvalue weighted by Gasteiger charge is 2.19. The monoisotopic (exact) mass is 484 g/mol. The third-order valence-corrected chi connectivity index (χ3v) is 4.55. The van der Waals surface area contributed by atoms with Crippen molar-refractivity contribution in [2.75, 3.05) is 51.3 Å². The van der Waals surface area contributed by atoms with Crippen molar-refractivity contribution in [1.29, 1.82) is 0 Å². The SMILES string of the molecule is CCNC(=NCCc1ccco1)N1CCN(c2ccc(OC)cc2)CC1.I. The van der Waals surface area contributed by atoms with E-state index in [4.69, 9.17) is 14.1 Å². The lowest BCUT2D eigenvalue weighted by Gasteiger charge is -2.37. The standard InChI is InChI=1S/C20H28N4O2.HI/c1-3-21-20(22-11-10-19-5-4-16-26-19)24-14-12-23(13-15-24)17-6-8-18(25-2)9-7-17;/h4-9,16H,3,10-15H2,1-2H3,(H,21,22);1H. The van der Waals surface area contributed by atoms with Gasteiger partial charge in [-0.3, -0.25) is 4.99 Å². The molecule has 0 bridgehead atoms. The van der Waals surface area contributed by atoms with Crippen LogP contribution in [0.4, 0.5) is 5.69 Å². The molecule has 0 spiro atoms. The number of methoxy groups -OCH3 is 1. The molecule has 1 aliphatic rings. The highest BCUT2D eigenvalue weighted by Crippen LogP contribution is 2.20. The van der Waals surface area contributed by atoms with Crippen molar-refractivity contribution in [2.45, 2.75) is 13.3 Å². The quantitative estimate of drug-likeness (QED) is 0.388. The summed E-state index contributed by atoms with van der Waals surface area (Å²) in [6.07, 6.45) is 2.54. The van der Waals surface area contributed by atoms with Gasteiger partial charge in [-0.05, 0) is 43.3 Å². The van der Waals surface area contributed by atoms with E-state index in [0.29, 0.717) is 0 Å². The molecule has 27 heavy (non-hydrogen) atoms. The topological polar surface area (TPSA) is 53.2 Å². The van der Waals surface area contributed by atoms with Crippen LogP contribution >= 0.6 is 24.0 Å². The minimum absolute atomic E-state index is 0. The number of aliphatic imine (C=N–C) groups is 1. The van der Waals surface area contributed by atoms with Gasteiger partial charge < -0.3 is 24.3 Å². The Bertz CT molecular complexity index is 681. The lowest BCUT2D eigenvalue weighted by Crippen LogP contribution is -2.52. The van der Waals surface area contributed by atoms with Crippen LogP contribution in [0.1, 0.15) is 12.7 Å². The number of nitrogens with one attached hydrogen (secondary N) is 1. The summed E-state index contributed by atoms with van der Waals surface area (Å²) >= 11 is 0. The molecule has 1 aromatic carbocycles. The van der Waals surface area contributed by atoms with Crippen LogP contribution in [0.25, 0.3) is 0 Å². The van der Waals surface area contributed by atoms with Crippen LogP contribution in [0.15, 0.2) is 52.1 Å². The molecular formula is C20H29IN4O2. The molecule has 3 rings (SSSR count). The average molecular weight is 484 g/mol. The van der Waals surface area contributed by atoms with E-state index in [-0.39, 0.29) is 24.0 Å². The fourth-order valence-electron chi connectivity index (χ4n) is 3.12. The molecule has 1 N–H and O–H groups in total. The van der Waals surface area contributed by atoms with Crippen LogP contribution in [0, 0.1) is 0 Å². The summed E-state index contributed by atoms with van der Waals surface area (Å²) in [5.74, 6) is 2.87. The minimum Gasteiger partial charge on any atom is -0.497 e. The molecule has 0 atom stereocenters. The number of hydrogen-bond donors (Lipinski definition) is 1. The summed E-state index contributed by atoms with van der Waals surface area (Å²) in [7, 11) is 1.70. The third-order valence-electron chi connectivity index (χ3n) is 4.55. The van der Waals surface area contributed by atoms with E-state index in [9.17, 15) is 0 Å². The van der Waals surface area contributed by atoms with Gasteiger partial charge in [0.25, 0.3) is 0 Å². The predicted octanol–water partition coefficient (Wildman–Crippen LogP) is 3.24. The molecule has 0 amide bonds. The molecule has 148 valence electrons. The predicted molar refractivity (Wildman–Crippen MR) is 121 cm³/mol. The van der Waals surface area contributed by atoms with Crippen molar-refractivity contribution in [3.63, 3.8) is 0 Å². The molecule has 6 nitrogen and oxygen atoms in total. The molecule has 1 fully saturated rings. The molecule has 7 heteroatoms. The zero-order valence-corrected chi connectivity index (χ0v) is 18.4. The Morgan fingerprint density at radius 1 is 1.15 bits per heavy atom. The van der Waals surface area contributed by atoms with E-state index in [1.165, 1.54) is 5.69 Å². The van der Waals surface area contributed by atoms with Gasteiger partial charge in [-0.1, -0.05) is 0 Å². The van der Waals surface area contributed by atoms with Gasteiger partial charge in [-0.25, -0.2) is 0 Å². The van der Waals surface area contributed by atoms with Crippen molar-refractivity contribution in [3.05, 3.63) is 48.4 Å². The van der Waals surface area contributed by atoms with Crippen LogP contribution < -0.4 is 15.0 Å². The van der Waals surface area contributed by atoms with E-state index < -0.39 is 0 Å². The second-order valence-corrected chi connectivity index (χ2v) is 6.24. The van der Waals surface area contributed by atoms with Crippen molar-refractivity contribution in [1.82, 2.24) is 10.2 Å². The van der Waals surface area contributed by atoms with Crippen molar-refractivity contribution in [3.8, 4) is 5.75 Å². The zero-order chi connectivity index (χ0) is 18.2. The average Bonchev–Trinajstić information content (AvgIpc) is 3.21. The summed E-state index contributed by atoms with van der Waals surface area (Å²) < 4.78 is 10.6. The van der Waals surface area contributed by atoms with Crippen LogP contribution in [0.3, 0.4) is 0 Å². The highest BCUT2D eigenvalue weighted by atomic mass is 127. The normalized spacial score (nSPS) is 14.7. The van der Waals surface area contributed by atoms with Gasteiger partial charge in [0.05, 0.1) is 13.4 Å². The zero-order valence-electron chi connectivity index (χ0n) is 16.1. The highest BCUT2D eigenvalue weighted by molar-refractivity contribution is 14.0. The number of anilines is 1. The summed E-state index contributed by atoms with van der Waals surface area (Å²) in [4.78, 5) is 9.51. The Morgan fingerprint density at radius 3 is 2.48 bits per heavy atom. The maximum Gasteiger partial charge on any atom is 0.194 e. The van der Waals surface area contributed by atoms with Gasteiger partial charge in [0.15, 0.2) is 5.96 Å². The van der Waals surface area contributed by atoms with Crippen molar-refractivity contribution < 1.29 is 9.15 Å². The van der Waals surface area contributed by atoms with E-state index >= 15 is 0 Å². The molecule has 2 aromatic rings. The van der Waals surface area contributed by atoms with E-state index in [2.05, 4.69) is 34.2 Å². The van der Waals surface area contributed by atoms with Gasteiger partial charge >= 0.3 is 0 Å². The number of benzene rings is 1. The Morgan fingerprint density at radius 2 is 1.89 bits per heavy atom. The van der Waals surface area contributed by atoms with Gasteiger partial charge in [0.1, 0.15) is 11.5 Å². The third kappa shape index (κ3) is 6.05. The molecular weight excluding hydrogens is 455 g/mol. The van der Waals surface area contributed by atoms with Gasteiger partial charge in [-0.2, -0.15) is 0 Å². The Hall–Kier alpha value is -1.90. The second kappa shape index (κ2) is 11.1. The first-order chi connectivity index (χ1) is 12.8. The smallest absolute Gasteiger partial charge is 0.194 e. The number of hydrogen-bond acceptors (Lipinski definition) is 4. The first kappa shape index (κ1) is 21.4. The largest absolute Gasteiger partial charge is 0.497 e. The van der Waals surface area contributed by atoms with Crippen molar-refractivity contribution in [2.24, 2.45) is 4.99 Å². The number of ether oxygens (including phenoxy) is 1. The fourth-order valence-corrected chi connectivity index (χ4v) is 3.12. The Kier molecular flexibility index (Phi) is 8.77. The first-order valence-electron chi connectivity index (χ1n) is 9.25. The maximum atomic E-state index is 5.38. The van der Waals surface area contributed by atoms with Crippen molar-refractivity contribution >= 4 is 35.6 Å². The van der Waals surface area contributed by atoms with E-state index in [1.807, 2.05) is 24.3 Å². The van der Waals surface area contributed by atoms with Crippen LogP contribution in [-0.4, -0.2) is 57.2 Å². The maximum absolute atomic E-state index is 5.38. The number of rotatable bonds is 6. The summed E-state index contributed by atoms with van der Waals surface area (Å²) in [5.41, 5.74) is 1.24. The lowest BCUT2D eigenvalue weighted by atomic mass is 10.2. The molecule has 1 aromatic heterocycles. The fraction of sp³-hybridized carbons (Fsp3) is 0.450. The van der Waals surface area contributed by atoms with Crippen LogP contribution in [0.5, 0.6) is 5.75 Å². The number of nitrogens with zero attached hydrogens (tertiary/aromatic N) is 3. The minimum atomic E-state index is 0. The summed E-state index contributed by atoms with van der Waals surface area (Å²) in [6, 6.07) is 12.2. The second-order valence-electron chi connectivity index (χ2n) is 6.24. The van der Waals surface area contributed by atoms with Gasteiger partial charge in [0, 0.05) is 51.4 Å². The molecule has 1 saturated heterocycles. The molecule has 0 unspecified atom stereocenters. The molecule has 0 aliphatic carbocycles. The lowest BCUT2D eigenvalue weighted by molar-refractivity contribution is 0.372.